The third-order valence-corrected chi connectivity index (χ3v) is 2.87. The summed E-state index contributed by atoms with van der Waals surface area (Å²) in [6, 6.07) is 8.77. The van der Waals surface area contributed by atoms with Gasteiger partial charge in [-0.05, 0) is 30.7 Å². The Hall–Kier alpha value is -2.02. The summed E-state index contributed by atoms with van der Waals surface area (Å²) in [5.41, 5.74) is 0.579. The van der Waals surface area contributed by atoms with Crippen molar-refractivity contribution < 1.29 is 9.53 Å². The molecule has 4 heteroatoms. The third kappa shape index (κ3) is 5.43. The Labute approximate surface area is 114 Å². The molecule has 1 aromatic rings. The number of hydrogen-bond donors (Lipinski definition) is 0. The largest absolute Gasteiger partial charge is 0.484 e. The van der Waals surface area contributed by atoms with E-state index in [0.29, 0.717) is 11.3 Å². The molecule has 0 aromatic heterocycles. The smallest absolute Gasteiger partial charge is 0.260 e. The number of hydrogen-bond acceptors (Lipinski definition) is 3. The molecule has 0 atom stereocenters. The number of unbranched alkanes of at least 4 members (excludes halogenated alkanes) is 2. The second kappa shape index (κ2) is 8.15. The summed E-state index contributed by atoms with van der Waals surface area (Å²) >= 11 is 0. The highest BCUT2D eigenvalue weighted by Crippen LogP contribution is 2.11. The number of likely N-dealkylation sites (N-methyl/N-ethyl adjacent to an activating group) is 1. The standard InChI is InChI=1S/C15H20N2O2/c1-3-4-5-10-17(2)15(18)12-19-14-8-6-13(11-16)7-9-14/h6-9H,3-5,10,12H2,1-2H3. The van der Waals surface area contributed by atoms with Crippen LogP contribution < -0.4 is 4.74 Å². The first-order valence-corrected chi connectivity index (χ1v) is 6.54. The van der Waals surface area contributed by atoms with Gasteiger partial charge in [-0.1, -0.05) is 19.8 Å². The molecule has 0 N–H and O–H groups in total. The van der Waals surface area contributed by atoms with Crippen LogP contribution in [0.15, 0.2) is 24.3 Å². The Morgan fingerprint density at radius 3 is 2.58 bits per heavy atom. The van der Waals surface area contributed by atoms with Crippen molar-refractivity contribution in [3.8, 4) is 11.8 Å². The van der Waals surface area contributed by atoms with Crippen LogP contribution in [0.5, 0.6) is 5.75 Å². The SMILES string of the molecule is CCCCCN(C)C(=O)COc1ccc(C#N)cc1. The highest BCUT2D eigenvalue weighted by Gasteiger charge is 2.08. The average Bonchev–Trinajstić information content (AvgIpc) is 2.45. The van der Waals surface area contributed by atoms with Crippen molar-refractivity contribution in [1.82, 2.24) is 4.90 Å². The van der Waals surface area contributed by atoms with Gasteiger partial charge in [0.15, 0.2) is 6.61 Å². The van der Waals surface area contributed by atoms with Crippen molar-refractivity contribution >= 4 is 5.91 Å². The maximum Gasteiger partial charge on any atom is 0.260 e. The number of carbonyl (C=O) groups is 1. The molecule has 1 rings (SSSR count). The predicted octanol–water partition coefficient (Wildman–Crippen LogP) is 2.59. The van der Waals surface area contributed by atoms with Crippen molar-refractivity contribution in [2.24, 2.45) is 0 Å². The second-order valence-electron chi connectivity index (χ2n) is 4.45. The molecule has 1 aromatic carbocycles. The number of nitrogens with zero attached hydrogens (tertiary/aromatic N) is 2. The highest BCUT2D eigenvalue weighted by atomic mass is 16.5. The quantitative estimate of drug-likeness (QED) is 0.708. The van der Waals surface area contributed by atoms with Gasteiger partial charge in [-0.2, -0.15) is 5.26 Å². The molecule has 102 valence electrons. The van der Waals surface area contributed by atoms with Crippen molar-refractivity contribution in [2.75, 3.05) is 20.2 Å². The van der Waals surface area contributed by atoms with E-state index in [2.05, 4.69) is 6.92 Å². The fraction of sp³-hybridized carbons (Fsp3) is 0.467. The van der Waals surface area contributed by atoms with Gasteiger partial charge < -0.3 is 9.64 Å². The Bertz CT molecular complexity index is 434. The van der Waals surface area contributed by atoms with E-state index >= 15 is 0 Å². The lowest BCUT2D eigenvalue weighted by molar-refractivity contribution is -0.132. The van der Waals surface area contributed by atoms with Crippen LogP contribution in [0.1, 0.15) is 31.7 Å². The van der Waals surface area contributed by atoms with Crippen LogP contribution >= 0.6 is 0 Å². The van der Waals surface area contributed by atoms with Crippen molar-refractivity contribution in [3.63, 3.8) is 0 Å². The van der Waals surface area contributed by atoms with Gasteiger partial charge in [0.1, 0.15) is 5.75 Å². The first kappa shape index (κ1) is 15.0. The van der Waals surface area contributed by atoms with E-state index in [0.717, 1.165) is 25.8 Å². The topological polar surface area (TPSA) is 53.3 Å². The molecule has 0 aliphatic rings. The molecule has 0 saturated heterocycles. The molecule has 0 bridgehead atoms. The molecule has 0 radical (unpaired) electrons. The van der Waals surface area contributed by atoms with Crippen LogP contribution in [0, 0.1) is 11.3 Å². The van der Waals surface area contributed by atoms with E-state index in [1.807, 2.05) is 6.07 Å². The van der Waals surface area contributed by atoms with Crippen molar-refractivity contribution in [3.05, 3.63) is 29.8 Å². The summed E-state index contributed by atoms with van der Waals surface area (Å²) in [6.07, 6.45) is 3.30. The minimum Gasteiger partial charge on any atom is -0.484 e. The molecule has 0 aliphatic carbocycles. The van der Waals surface area contributed by atoms with Crippen LogP contribution in [0.3, 0.4) is 0 Å². The lowest BCUT2D eigenvalue weighted by Gasteiger charge is -2.17. The molecule has 0 spiro atoms. The zero-order valence-electron chi connectivity index (χ0n) is 11.6. The van der Waals surface area contributed by atoms with Gasteiger partial charge in [-0.3, -0.25) is 4.79 Å². The summed E-state index contributed by atoms with van der Waals surface area (Å²) in [5, 5.41) is 8.67. The van der Waals surface area contributed by atoms with Crippen molar-refractivity contribution in [2.45, 2.75) is 26.2 Å². The molecule has 0 fully saturated rings. The van der Waals surface area contributed by atoms with E-state index in [9.17, 15) is 4.79 Å². The van der Waals surface area contributed by atoms with Crippen LogP contribution in [0.4, 0.5) is 0 Å². The molecule has 0 unspecified atom stereocenters. The Kier molecular flexibility index (Phi) is 6.45. The Morgan fingerprint density at radius 1 is 1.32 bits per heavy atom. The molecule has 0 saturated carbocycles. The minimum absolute atomic E-state index is 0.0273. The Morgan fingerprint density at radius 2 is 2.00 bits per heavy atom. The number of nitriles is 1. The van der Waals surface area contributed by atoms with Gasteiger partial charge in [-0.25, -0.2) is 0 Å². The molecule has 1 amide bonds. The zero-order chi connectivity index (χ0) is 14.1. The van der Waals surface area contributed by atoms with Gasteiger partial charge >= 0.3 is 0 Å². The molecule has 0 heterocycles. The van der Waals surface area contributed by atoms with Crippen LogP contribution in [-0.2, 0) is 4.79 Å². The van der Waals surface area contributed by atoms with Gasteiger partial charge in [0.05, 0.1) is 11.6 Å². The third-order valence-electron chi connectivity index (χ3n) is 2.87. The Balaban J connectivity index is 2.34. The number of rotatable bonds is 7. The average molecular weight is 260 g/mol. The minimum atomic E-state index is -0.0273. The van der Waals surface area contributed by atoms with Crippen LogP contribution in [-0.4, -0.2) is 31.0 Å². The lowest BCUT2D eigenvalue weighted by Crippen LogP contribution is -2.32. The fourth-order valence-electron chi connectivity index (χ4n) is 1.60. The predicted molar refractivity (Wildman–Crippen MR) is 73.8 cm³/mol. The molecular weight excluding hydrogens is 240 g/mol. The van der Waals surface area contributed by atoms with E-state index in [4.69, 9.17) is 10.00 Å². The second-order valence-corrected chi connectivity index (χ2v) is 4.45. The molecule has 19 heavy (non-hydrogen) atoms. The molecular formula is C15H20N2O2. The normalized spacial score (nSPS) is 9.74. The number of amides is 1. The summed E-state index contributed by atoms with van der Waals surface area (Å²) in [4.78, 5) is 13.5. The molecule has 0 aliphatic heterocycles. The maximum atomic E-state index is 11.8. The maximum absolute atomic E-state index is 11.8. The van der Waals surface area contributed by atoms with E-state index < -0.39 is 0 Å². The summed E-state index contributed by atoms with van der Waals surface area (Å²) < 4.78 is 5.39. The van der Waals surface area contributed by atoms with Crippen LogP contribution in [0.2, 0.25) is 0 Å². The molecule has 4 nitrogen and oxygen atoms in total. The van der Waals surface area contributed by atoms with Gasteiger partial charge in [0.2, 0.25) is 0 Å². The van der Waals surface area contributed by atoms with E-state index in [1.165, 1.54) is 0 Å². The van der Waals surface area contributed by atoms with E-state index in [1.54, 1.807) is 36.2 Å². The van der Waals surface area contributed by atoms with E-state index in [-0.39, 0.29) is 12.5 Å². The highest BCUT2D eigenvalue weighted by molar-refractivity contribution is 5.77. The lowest BCUT2D eigenvalue weighted by atomic mass is 10.2. The number of benzene rings is 1. The van der Waals surface area contributed by atoms with Gasteiger partial charge in [0, 0.05) is 13.6 Å². The fourth-order valence-corrected chi connectivity index (χ4v) is 1.60. The first-order chi connectivity index (χ1) is 9.17. The first-order valence-electron chi connectivity index (χ1n) is 6.54. The monoisotopic (exact) mass is 260 g/mol. The summed E-state index contributed by atoms with van der Waals surface area (Å²) in [7, 11) is 1.79. The van der Waals surface area contributed by atoms with Crippen molar-refractivity contribution in [1.29, 1.82) is 5.26 Å². The zero-order valence-corrected chi connectivity index (χ0v) is 11.6. The van der Waals surface area contributed by atoms with Gasteiger partial charge in [0.25, 0.3) is 5.91 Å². The summed E-state index contributed by atoms with van der Waals surface area (Å²) in [5.74, 6) is 0.578. The van der Waals surface area contributed by atoms with Gasteiger partial charge in [-0.15, -0.1) is 0 Å². The number of ether oxygens (including phenoxy) is 1. The number of carbonyl (C=O) groups excluding carboxylic acids is 1. The summed E-state index contributed by atoms with van der Waals surface area (Å²) in [6.45, 7) is 2.94. The van der Waals surface area contributed by atoms with Crippen LogP contribution in [0.25, 0.3) is 0 Å².